The third kappa shape index (κ3) is 8.26. The Morgan fingerprint density at radius 1 is 1.11 bits per heavy atom. The molecule has 12 nitrogen and oxygen atoms in total. The van der Waals surface area contributed by atoms with E-state index in [0.717, 1.165) is 41.0 Å². The van der Waals surface area contributed by atoms with Crippen molar-refractivity contribution in [3.63, 3.8) is 0 Å². The summed E-state index contributed by atoms with van der Waals surface area (Å²) >= 11 is 0. The molecule has 4 heterocycles. The molecule has 2 amide bonds. The fraction of sp³-hybridized carbons (Fsp3) is 0.406. The van der Waals surface area contributed by atoms with E-state index in [9.17, 15) is 19.2 Å². The maximum Gasteiger partial charge on any atom is 1.00 e. The molecule has 0 bridgehead atoms. The summed E-state index contributed by atoms with van der Waals surface area (Å²) in [5.74, 6) is 1.76. The summed E-state index contributed by atoms with van der Waals surface area (Å²) in [6, 6.07) is 6.21. The SMILES string of the molecule is O=C1[CH-]CCC(=O)N1.[CH2-]CN(C[C-]=O)C1CN(Cc2c(OC)cc(-c3cn(C)c(=O)c4cnc(N(C)C)cc34)cc2OC)C1.[Li+]. The van der Waals surface area contributed by atoms with Crippen LogP contribution in [-0.2, 0) is 28.0 Å². The van der Waals surface area contributed by atoms with Gasteiger partial charge in [0.25, 0.3) is 5.56 Å². The Bertz CT molecular complexity index is 1550. The van der Waals surface area contributed by atoms with E-state index in [-0.39, 0.29) is 48.8 Å². The van der Waals surface area contributed by atoms with Crippen molar-refractivity contribution in [1.29, 1.82) is 0 Å². The molecular formula is C32H39LiN6O6-2. The van der Waals surface area contributed by atoms with Gasteiger partial charge in [-0.2, -0.15) is 6.42 Å². The molecule has 2 aromatic heterocycles. The first kappa shape index (κ1) is 35.7. The fourth-order valence-electron chi connectivity index (χ4n) is 5.30. The van der Waals surface area contributed by atoms with Gasteiger partial charge in [0.1, 0.15) is 17.3 Å². The van der Waals surface area contributed by atoms with E-state index in [1.54, 1.807) is 32.0 Å². The third-order valence-electron chi connectivity index (χ3n) is 7.78. The Balaban J connectivity index is 0.000000535. The number of aryl methyl sites for hydroxylation is 1. The van der Waals surface area contributed by atoms with Crippen molar-refractivity contribution in [2.24, 2.45) is 7.05 Å². The van der Waals surface area contributed by atoms with E-state index in [1.165, 1.54) is 6.42 Å². The van der Waals surface area contributed by atoms with Crippen LogP contribution >= 0.6 is 0 Å². The maximum absolute atomic E-state index is 12.8. The Kier molecular flexibility index (Phi) is 12.6. The summed E-state index contributed by atoms with van der Waals surface area (Å²) in [6.07, 6.45) is 7.96. The summed E-state index contributed by atoms with van der Waals surface area (Å²) in [7, 11) is 8.88. The van der Waals surface area contributed by atoms with Gasteiger partial charge in [-0.15, -0.1) is 13.1 Å². The molecule has 1 N–H and O–H groups in total. The number of carbonyl (C=O) groups excluding carboxylic acids is 3. The molecule has 0 spiro atoms. The number of carbonyl (C=O) groups is 2. The van der Waals surface area contributed by atoms with Crippen LogP contribution < -0.4 is 44.1 Å². The molecule has 2 aliphatic heterocycles. The van der Waals surface area contributed by atoms with Gasteiger partial charge in [0, 0.05) is 76.6 Å². The van der Waals surface area contributed by atoms with Gasteiger partial charge < -0.3 is 52.1 Å². The van der Waals surface area contributed by atoms with E-state index < -0.39 is 0 Å². The smallest absolute Gasteiger partial charge is 0.541 e. The number of nitrogens with one attached hydrogen (secondary N) is 1. The summed E-state index contributed by atoms with van der Waals surface area (Å²) in [6.45, 7) is 7.09. The van der Waals surface area contributed by atoms with Gasteiger partial charge in [0.05, 0.1) is 31.1 Å². The van der Waals surface area contributed by atoms with Gasteiger partial charge >= 0.3 is 18.9 Å². The van der Waals surface area contributed by atoms with E-state index >= 15 is 0 Å². The van der Waals surface area contributed by atoms with Gasteiger partial charge in [0.15, 0.2) is 0 Å². The van der Waals surface area contributed by atoms with Crippen LogP contribution in [-0.4, -0.2) is 98.0 Å². The van der Waals surface area contributed by atoms with Gasteiger partial charge in [0.2, 0.25) is 5.91 Å². The summed E-state index contributed by atoms with van der Waals surface area (Å²) < 4.78 is 13.2. The molecule has 2 aliphatic rings. The molecule has 0 saturated carbocycles. The zero-order chi connectivity index (χ0) is 32.0. The second kappa shape index (κ2) is 16.0. The molecule has 5 rings (SSSR count). The van der Waals surface area contributed by atoms with Gasteiger partial charge in [-0.3, -0.25) is 20.8 Å². The number of hydrogen-bond donors (Lipinski definition) is 1. The van der Waals surface area contributed by atoms with Crippen LogP contribution in [0.3, 0.4) is 0 Å². The molecule has 13 heteroatoms. The average molecular weight is 611 g/mol. The molecule has 0 radical (unpaired) electrons. The first-order chi connectivity index (χ1) is 21.1. The monoisotopic (exact) mass is 610 g/mol. The van der Waals surface area contributed by atoms with Crippen LogP contribution in [0.4, 0.5) is 5.82 Å². The van der Waals surface area contributed by atoms with Crippen molar-refractivity contribution < 1.29 is 42.7 Å². The van der Waals surface area contributed by atoms with Crippen LogP contribution in [0, 0.1) is 13.3 Å². The summed E-state index contributed by atoms with van der Waals surface area (Å²) in [4.78, 5) is 54.9. The number of pyridine rings is 2. The largest absolute Gasteiger partial charge is 1.00 e. The Labute approximate surface area is 275 Å². The van der Waals surface area contributed by atoms with E-state index in [1.807, 2.05) is 54.6 Å². The molecule has 1 aromatic carbocycles. The predicted octanol–water partition coefficient (Wildman–Crippen LogP) is -1.26. The second-order valence-electron chi connectivity index (χ2n) is 10.9. The van der Waals surface area contributed by atoms with Gasteiger partial charge in [-0.25, -0.2) is 4.98 Å². The predicted molar refractivity (Wildman–Crippen MR) is 168 cm³/mol. The number of amides is 2. The number of aromatic nitrogens is 2. The number of imide groups is 1. The molecule has 2 saturated heterocycles. The maximum atomic E-state index is 12.8. The number of benzene rings is 1. The number of methoxy groups -OCH3 is 2. The molecule has 2 fully saturated rings. The Hall–Kier alpha value is -3.82. The van der Waals surface area contributed by atoms with Crippen molar-refractivity contribution in [3.8, 4) is 22.6 Å². The zero-order valence-corrected chi connectivity index (χ0v) is 26.9. The molecule has 3 aromatic rings. The molecule has 0 aliphatic carbocycles. The Morgan fingerprint density at radius 2 is 1.78 bits per heavy atom. The normalized spacial score (nSPS) is 14.8. The quantitative estimate of drug-likeness (QED) is 0.169. The number of piperidine rings is 1. The van der Waals surface area contributed by atoms with Crippen LogP contribution in [0.2, 0.25) is 0 Å². The van der Waals surface area contributed by atoms with Crippen molar-refractivity contribution in [2.45, 2.75) is 25.4 Å². The van der Waals surface area contributed by atoms with E-state index in [0.29, 0.717) is 42.8 Å². The van der Waals surface area contributed by atoms with Crippen LogP contribution in [0.5, 0.6) is 11.5 Å². The number of nitrogens with zero attached hydrogens (tertiary/aromatic N) is 5. The number of fused-ring (bicyclic) bond motifs is 1. The zero-order valence-electron chi connectivity index (χ0n) is 26.9. The molecule has 236 valence electrons. The number of hydrogen-bond acceptors (Lipinski definition) is 10. The molecule has 45 heavy (non-hydrogen) atoms. The minimum atomic E-state index is -0.263. The topological polar surface area (TPSA) is 126 Å². The first-order valence-corrected chi connectivity index (χ1v) is 14.3. The second-order valence-corrected chi connectivity index (χ2v) is 10.9. The van der Waals surface area contributed by atoms with Gasteiger partial charge in [-0.05, 0) is 23.8 Å². The minimum absolute atomic E-state index is 0. The summed E-state index contributed by atoms with van der Waals surface area (Å²) in [5, 5.41) is 3.52. The van der Waals surface area contributed by atoms with Crippen LogP contribution in [0.15, 0.2) is 35.4 Å². The number of anilines is 1. The van der Waals surface area contributed by atoms with E-state index in [4.69, 9.17) is 9.47 Å². The molecule has 0 atom stereocenters. The number of ether oxygens (including phenoxy) is 2. The first-order valence-electron chi connectivity index (χ1n) is 14.3. The van der Waals surface area contributed by atoms with Crippen LogP contribution in [0.1, 0.15) is 18.4 Å². The summed E-state index contributed by atoms with van der Waals surface area (Å²) in [5.41, 5.74) is 2.63. The third-order valence-corrected chi connectivity index (χ3v) is 7.78. The Morgan fingerprint density at radius 3 is 2.29 bits per heavy atom. The average Bonchev–Trinajstić information content (AvgIpc) is 2.99. The van der Waals surface area contributed by atoms with Crippen molar-refractivity contribution in [2.75, 3.05) is 59.4 Å². The van der Waals surface area contributed by atoms with Crippen molar-refractivity contribution in [3.05, 3.63) is 59.9 Å². The standard InChI is InChI=1S/C27H33N5O4.C5H6NO2.Li/c1-7-32(8-9-33)19-14-31(15-19)17-23-24(35-5)10-18(11-25(23)36-6)22-16-30(4)27(34)21-13-28-26(29(2)3)12-20(21)22;7-4-2-1-3-5(8)6-4;/h10-13,16,19H,1,7-8,14-15,17H2,2-6H3;2H,1,3H2,(H,6,7,8);/q-2;-1;+1. The number of likely N-dealkylation sites (tertiary alicyclic amines) is 1. The fourth-order valence-corrected chi connectivity index (χ4v) is 5.30. The van der Waals surface area contributed by atoms with E-state index in [2.05, 4.69) is 22.1 Å². The van der Waals surface area contributed by atoms with Crippen molar-refractivity contribution in [1.82, 2.24) is 24.7 Å². The minimum Gasteiger partial charge on any atom is -0.541 e. The van der Waals surface area contributed by atoms with Crippen LogP contribution in [0.25, 0.3) is 21.9 Å². The van der Waals surface area contributed by atoms with Gasteiger partial charge in [-0.1, -0.05) is 0 Å². The molecular weight excluding hydrogens is 571 g/mol. The van der Waals surface area contributed by atoms with Crippen molar-refractivity contribution >= 4 is 34.7 Å². The number of rotatable bonds is 10. The molecule has 0 unspecified atom stereocenters.